The van der Waals surface area contributed by atoms with Crippen molar-refractivity contribution in [2.45, 2.75) is 25.9 Å². The van der Waals surface area contributed by atoms with Gasteiger partial charge in [-0.2, -0.15) is 13.2 Å². The van der Waals surface area contributed by atoms with E-state index >= 15 is 0 Å². The first-order valence-corrected chi connectivity index (χ1v) is 6.51. The number of anilines is 1. The van der Waals surface area contributed by atoms with E-state index < -0.39 is 11.7 Å². The number of unbranched alkanes of at least 4 members (excludes halogenated alkanes) is 1. The van der Waals surface area contributed by atoms with Gasteiger partial charge in [0.2, 0.25) is 0 Å². The first-order valence-electron chi connectivity index (χ1n) is 6.13. The van der Waals surface area contributed by atoms with Crippen molar-refractivity contribution >= 4 is 17.3 Å². The van der Waals surface area contributed by atoms with Crippen LogP contribution in [0.3, 0.4) is 0 Å². The van der Waals surface area contributed by atoms with E-state index in [9.17, 15) is 13.2 Å². The zero-order valence-corrected chi connectivity index (χ0v) is 11.4. The molecule has 108 valence electrons. The van der Waals surface area contributed by atoms with E-state index in [1.54, 1.807) is 0 Å². The Kier molecular flexibility index (Phi) is 6.45. The monoisotopic (exact) mass is 295 g/mol. The van der Waals surface area contributed by atoms with E-state index in [0.717, 1.165) is 25.0 Å². The van der Waals surface area contributed by atoms with Gasteiger partial charge in [0.1, 0.15) is 0 Å². The van der Waals surface area contributed by atoms with Gasteiger partial charge in [-0.05, 0) is 24.6 Å². The summed E-state index contributed by atoms with van der Waals surface area (Å²) in [5.41, 5.74) is -0.268. The number of benzene rings is 1. The summed E-state index contributed by atoms with van der Waals surface area (Å²) >= 11 is 5.79. The summed E-state index contributed by atoms with van der Waals surface area (Å²) in [4.78, 5) is 0. The van der Waals surface area contributed by atoms with Crippen LogP contribution in [0.15, 0.2) is 18.2 Å². The van der Waals surface area contributed by atoms with Gasteiger partial charge in [-0.3, -0.25) is 0 Å². The van der Waals surface area contributed by atoms with Crippen LogP contribution < -0.4 is 5.32 Å². The average molecular weight is 296 g/mol. The molecule has 2 nitrogen and oxygen atoms in total. The largest absolute Gasteiger partial charge is 0.416 e. The molecule has 0 saturated carbocycles. The maximum atomic E-state index is 12.4. The Balaban J connectivity index is 2.43. The molecule has 0 bridgehead atoms. The molecule has 0 fully saturated rings. The third-order valence-corrected chi connectivity index (χ3v) is 2.81. The summed E-state index contributed by atoms with van der Waals surface area (Å²) in [6, 6.07) is 3.26. The van der Waals surface area contributed by atoms with Crippen LogP contribution in [0, 0.1) is 0 Å². The lowest BCUT2D eigenvalue weighted by molar-refractivity contribution is -0.137. The summed E-state index contributed by atoms with van der Waals surface area (Å²) < 4.78 is 42.6. The van der Waals surface area contributed by atoms with Gasteiger partial charge < -0.3 is 10.1 Å². The van der Waals surface area contributed by atoms with Crippen LogP contribution in [0.2, 0.25) is 5.02 Å². The molecule has 0 amide bonds. The molecule has 19 heavy (non-hydrogen) atoms. The van der Waals surface area contributed by atoms with Gasteiger partial charge in [0.25, 0.3) is 0 Å². The first-order chi connectivity index (χ1) is 8.95. The number of hydrogen-bond donors (Lipinski definition) is 1. The molecule has 0 aliphatic carbocycles. The minimum Gasteiger partial charge on any atom is -0.382 e. The molecule has 0 saturated heterocycles. The zero-order valence-electron chi connectivity index (χ0n) is 10.7. The van der Waals surface area contributed by atoms with Crippen LogP contribution in [0.5, 0.6) is 0 Å². The Morgan fingerprint density at radius 1 is 1.26 bits per heavy atom. The second-order valence-corrected chi connectivity index (χ2v) is 4.49. The van der Waals surface area contributed by atoms with Crippen molar-refractivity contribution in [3.8, 4) is 0 Å². The predicted molar refractivity (Wildman–Crippen MR) is 70.7 cm³/mol. The molecule has 0 aliphatic heterocycles. The predicted octanol–water partition coefficient (Wildman–Crippen LogP) is 4.59. The Hall–Kier alpha value is -0.940. The maximum Gasteiger partial charge on any atom is 0.416 e. The standard InChI is InChI=1S/C13H17ClF3NO/c1-2-3-7-19-8-6-18-12-5-4-10(9-11(12)14)13(15,16)17/h4-5,9,18H,2-3,6-8H2,1H3. The Bertz CT molecular complexity index is 396. The van der Waals surface area contributed by atoms with Crippen molar-refractivity contribution in [2.24, 2.45) is 0 Å². The van der Waals surface area contributed by atoms with Gasteiger partial charge >= 0.3 is 6.18 Å². The molecule has 0 radical (unpaired) electrons. The van der Waals surface area contributed by atoms with Crippen LogP contribution in [0.4, 0.5) is 18.9 Å². The quantitative estimate of drug-likeness (QED) is 0.743. The SMILES string of the molecule is CCCCOCCNc1ccc(C(F)(F)F)cc1Cl. The summed E-state index contributed by atoms with van der Waals surface area (Å²) in [6.45, 7) is 3.77. The number of alkyl halides is 3. The summed E-state index contributed by atoms with van der Waals surface area (Å²) in [5, 5.41) is 3.00. The molecular formula is C13H17ClF3NO. The van der Waals surface area contributed by atoms with Gasteiger partial charge in [0.15, 0.2) is 0 Å². The Morgan fingerprint density at radius 3 is 2.58 bits per heavy atom. The highest BCUT2D eigenvalue weighted by Crippen LogP contribution is 2.33. The number of hydrogen-bond acceptors (Lipinski definition) is 2. The van der Waals surface area contributed by atoms with Crippen molar-refractivity contribution in [3.63, 3.8) is 0 Å². The van der Waals surface area contributed by atoms with E-state index in [4.69, 9.17) is 16.3 Å². The van der Waals surface area contributed by atoms with Crippen LogP contribution in [-0.4, -0.2) is 19.8 Å². The van der Waals surface area contributed by atoms with Gasteiger partial charge in [-0.15, -0.1) is 0 Å². The maximum absolute atomic E-state index is 12.4. The van der Waals surface area contributed by atoms with E-state index in [0.29, 0.717) is 25.4 Å². The van der Waals surface area contributed by atoms with E-state index in [2.05, 4.69) is 12.2 Å². The minimum absolute atomic E-state index is 0.0587. The van der Waals surface area contributed by atoms with Crippen molar-refractivity contribution in [1.82, 2.24) is 0 Å². The molecule has 0 heterocycles. The molecule has 0 aromatic heterocycles. The van der Waals surface area contributed by atoms with Crippen LogP contribution >= 0.6 is 11.6 Å². The fraction of sp³-hybridized carbons (Fsp3) is 0.538. The topological polar surface area (TPSA) is 21.3 Å². The highest BCUT2D eigenvalue weighted by molar-refractivity contribution is 6.33. The molecular weight excluding hydrogens is 279 g/mol. The summed E-state index contributed by atoms with van der Waals surface area (Å²) in [7, 11) is 0. The lowest BCUT2D eigenvalue weighted by atomic mass is 10.2. The highest BCUT2D eigenvalue weighted by Gasteiger charge is 2.30. The number of nitrogens with one attached hydrogen (secondary N) is 1. The summed E-state index contributed by atoms with van der Waals surface area (Å²) in [6.07, 6.45) is -2.30. The lowest BCUT2D eigenvalue weighted by Gasteiger charge is -2.12. The van der Waals surface area contributed by atoms with Crippen molar-refractivity contribution in [1.29, 1.82) is 0 Å². The summed E-state index contributed by atoms with van der Waals surface area (Å²) in [5.74, 6) is 0. The highest BCUT2D eigenvalue weighted by atomic mass is 35.5. The van der Waals surface area contributed by atoms with Crippen LogP contribution in [0.1, 0.15) is 25.3 Å². The van der Waals surface area contributed by atoms with E-state index in [1.165, 1.54) is 6.07 Å². The molecule has 1 aromatic rings. The number of ether oxygens (including phenoxy) is 1. The van der Waals surface area contributed by atoms with Gasteiger partial charge in [-0.1, -0.05) is 24.9 Å². The molecule has 1 rings (SSSR count). The third-order valence-electron chi connectivity index (χ3n) is 2.50. The van der Waals surface area contributed by atoms with Gasteiger partial charge in [0.05, 0.1) is 22.9 Å². The molecule has 0 unspecified atom stereocenters. The smallest absolute Gasteiger partial charge is 0.382 e. The fourth-order valence-electron chi connectivity index (χ4n) is 1.44. The Labute approximate surface area is 115 Å². The minimum atomic E-state index is -4.37. The molecule has 0 atom stereocenters. The molecule has 1 N–H and O–H groups in total. The van der Waals surface area contributed by atoms with Gasteiger partial charge in [-0.25, -0.2) is 0 Å². The van der Waals surface area contributed by atoms with E-state index in [1.807, 2.05) is 0 Å². The van der Waals surface area contributed by atoms with Crippen molar-refractivity contribution in [2.75, 3.05) is 25.1 Å². The Morgan fingerprint density at radius 2 is 2.00 bits per heavy atom. The molecule has 6 heteroatoms. The van der Waals surface area contributed by atoms with Gasteiger partial charge in [0, 0.05) is 13.2 Å². The molecule has 0 spiro atoms. The fourth-order valence-corrected chi connectivity index (χ4v) is 1.69. The second-order valence-electron chi connectivity index (χ2n) is 4.09. The van der Waals surface area contributed by atoms with Crippen LogP contribution in [0.25, 0.3) is 0 Å². The van der Waals surface area contributed by atoms with Crippen molar-refractivity contribution < 1.29 is 17.9 Å². The second kappa shape index (κ2) is 7.60. The number of rotatable bonds is 7. The molecule has 1 aromatic carbocycles. The number of halogens is 4. The third kappa shape index (κ3) is 5.70. The van der Waals surface area contributed by atoms with Crippen LogP contribution in [-0.2, 0) is 10.9 Å². The zero-order chi connectivity index (χ0) is 14.3. The van der Waals surface area contributed by atoms with E-state index in [-0.39, 0.29) is 5.02 Å². The lowest BCUT2D eigenvalue weighted by Crippen LogP contribution is -2.11. The first kappa shape index (κ1) is 16.1. The average Bonchev–Trinajstić information content (AvgIpc) is 2.34. The molecule has 0 aliphatic rings. The normalized spacial score (nSPS) is 11.6. The van der Waals surface area contributed by atoms with Crippen molar-refractivity contribution in [3.05, 3.63) is 28.8 Å².